The lowest BCUT2D eigenvalue weighted by Gasteiger charge is -2.28. The number of amides is 1. The molecule has 0 radical (unpaired) electrons. The zero-order valence-electron chi connectivity index (χ0n) is 18.1. The summed E-state index contributed by atoms with van der Waals surface area (Å²) in [4.78, 5) is 20.0. The predicted molar refractivity (Wildman–Crippen MR) is 129 cm³/mol. The van der Waals surface area contributed by atoms with Gasteiger partial charge in [-0.05, 0) is 68.7 Å². The van der Waals surface area contributed by atoms with Gasteiger partial charge in [-0.3, -0.25) is 4.79 Å². The maximum absolute atomic E-state index is 14.0. The van der Waals surface area contributed by atoms with E-state index in [9.17, 15) is 9.18 Å². The quantitative estimate of drug-likeness (QED) is 0.334. The highest BCUT2D eigenvalue weighted by Crippen LogP contribution is 2.35. The van der Waals surface area contributed by atoms with E-state index in [2.05, 4.69) is 27.9 Å². The SMILES string of the molecule is CS.Cc1cc(N)cc2ncnc(Nc3ccc(F)cc3OC3CCC(C(N)=O)CC3)c12. The second-order valence-corrected chi connectivity index (χ2v) is 7.71. The zero-order valence-corrected chi connectivity index (χ0v) is 19.0. The lowest BCUT2D eigenvalue weighted by Crippen LogP contribution is -2.31. The number of nitrogens with zero attached hydrogens (tertiary/aromatic N) is 2. The van der Waals surface area contributed by atoms with Crippen molar-refractivity contribution in [1.29, 1.82) is 0 Å². The van der Waals surface area contributed by atoms with E-state index in [0.29, 0.717) is 48.6 Å². The molecule has 2 aromatic carbocycles. The third-order valence-corrected chi connectivity index (χ3v) is 5.52. The van der Waals surface area contributed by atoms with E-state index < -0.39 is 5.82 Å². The number of carbonyl (C=O) groups is 1. The molecular weight excluding hydrogens is 429 g/mol. The van der Waals surface area contributed by atoms with E-state index in [1.54, 1.807) is 18.4 Å². The van der Waals surface area contributed by atoms with Gasteiger partial charge in [0.05, 0.1) is 17.3 Å². The molecule has 1 aromatic heterocycles. The summed E-state index contributed by atoms with van der Waals surface area (Å²) in [7, 11) is 0. The number of benzene rings is 2. The summed E-state index contributed by atoms with van der Waals surface area (Å²) in [5.74, 6) is 0.215. The van der Waals surface area contributed by atoms with Gasteiger partial charge in [-0.25, -0.2) is 14.4 Å². The fourth-order valence-electron chi connectivity index (χ4n) is 3.98. The Hall–Kier alpha value is -3.07. The molecule has 1 aliphatic rings. The van der Waals surface area contributed by atoms with Crippen molar-refractivity contribution in [2.24, 2.45) is 11.7 Å². The Balaban J connectivity index is 0.00000141. The molecule has 7 nitrogen and oxygen atoms in total. The molecule has 5 N–H and O–H groups in total. The van der Waals surface area contributed by atoms with Crippen LogP contribution in [0.2, 0.25) is 0 Å². The van der Waals surface area contributed by atoms with Crippen LogP contribution in [0.3, 0.4) is 0 Å². The number of primary amides is 1. The average molecular weight is 458 g/mol. The number of thiol groups is 1. The Labute approximate surface area is 192 Å². The molecule has 32 heavy (non-hydrogen) atoms. The number of ether oxygens (including phenoxy) is 1. The number of nitrogens with one attached hydrogen (secondary N) is 1. The van der Waals surface area contributed by atoms with Crippen molar-refractivity contribution in [3.8, 4) is 5.75 Å². The molecule has 0 saturated heterocycles. The first-order valence-electron chi connectivity index (χ1n) is 10.4. The number of aromatic nitrogens is 2. The minimum absolute atomic E-state index is 0.105. The first-order chi connectivity index (χ1) is 15.4. The van der Waals surface area contributed by atoms with Crippen molar-refractivity contribution in [1.82, 2.24) is 9.97 Å². The van der Waals surface area contributed by atoms with E-state index in [4.69, 9.17) is 16.2 Å². The van der Waals surface area contributed by atoms with Gasteiger partial charge in [-0.1, -0.05) is 0 Å². The standard InChI is InChI=1S/C22H24FN5O2.CH4S/c1-12-8-15(24)10-18-20(12)22(27-11-26-18)28-17-7-4-14(23)9-19(17)30-16-5-2-13(3-6-16)21(25)29;1-2/h4,7-11,13,16H,2-3,5-6,24H2,1H3,(H2,25,29)(H,26,27,28);2H,1H3. The first-order valence-corrected chi connectivity index (χ1v) is 11.3. The highest BCUT2D eigenvalue weighted by molar-refractivity contribution is 7.79. The molecule has 1 aliphatic carbocycles. The van der Waals surface area contributed by atoms with Crippen LogP contribution in [0.1, 0.15) is 31.2 Å². The van der Waals surface area contributed by atoms with E-state index in [0.717, 1.165) is 16.5 Å². The fraction of sp³-hybridized carbons (Fsp3) is 0.348. The summed E-state index contributed by atoms with van der Waals surface area (Å²) in [6, 6.07) is 8.00. The zero-order chi connectivity index (χ0) is 23.3. The van der Waals surface area contributed by atoms with Gasteiger partial charge in [-0.15, -0.1) is 0 Å². The first kappa shape index (κ1) is 23.6. The number of halogens is 1. The van der Waals surface area contributed by atoms with Gasteiger partial charge < -0.3 is 21.5 Å². The summed E-state index contributed by atoms with van der Waals surface area (Å²) in [6.45, 7) is 1.94. The van der Waals surface area contributed by atoms with Gasteiger partial charge in [0, 0.05) is 23.1 Å². The minimum atomic E-state index is -0.391. The number of aryl methyl sites for hydroxylation is 1. The molecule has 3 aromatic rings. The Kier molecular flexibility index (Phi) is 7.74. The Morgan fingerprint density at radius 2 is 1.88 bits per heavy atom. The summed E-state index contributed by atoms with van der Waals surface area (Å²) >= 11 is 3.53. The molecule has 1 heterocycles. The van der Waals surface area contributed by atoms with E-state index in [1.807, 2.05) is 13.0 Å². The monoisotopic (exact) mass is 457 g/mol. The molecule has 0 spiro atoms. The van der Waals surface area contributed by atoms with Crippen molar-refractivity contribution in [3.63, 3.8) is 0 Å². The third-order valence-electron chi connectivity index (χ3n) is 5.52. The Morgan fingerprint density at radius 1 is 1.16 bits per heavy atom. The van der Waals surface area contributed by atoms with Crippen molar-refractivity contribution in [2.45, 2.75) is 38.7 Å². The highest BCUT2D eigenvalue weighted by atomic mass is 32.1. The van der Waals surface area contributed by atoms with Gasteiger partial charge in [0.1, 0.15) is 23.7 Å². The van der Waals surface area contributed by atoms with Crippen LogP contribution in [-0.4, -0.2) is 28.2 Å². The molecular formula is C23H28FN5O2S. The van der Waals surface area contributed by atoms with Crippen LogP contribution < -0.4 is 21.5 Å². The molecule has 0 aliphatic heterocycles. The van der Waals surface area contributed by atoms with Gasteiger partial charge in [0.25, 0.3) is 0 Å². The molecule has 0 unspecified atom stereocenters. The summed E-state index contributed by atoms with van der Waals surface area (Å²) in [6.07, 6.45) is 5.78. The van der Waals surface area contributed by atoms with Gasteiger partial charge in [0.15, 0.2) is 0 Å². The lowest BCUT2D eigenvalue weighted by atomic mass is 9.87. The molecule has 170 valence electrons. The summed E-state index contributed by atoms with van der Waals surface area (Å²) in [5.41, 5.74) is 14.2. The maximum atomic E-state index is 14.0. The minimum Gasteiger partial charge on any atom is -0.488 e. The van der Waals surface area contributed by atoms with Gasteiger partial charge >= 0.3 is 0 Å². The average Bonchev–Trinajstić information content (AvgIpc) is 2.77. The van der Waals surface area contributed by atoms with Gasteiger partial charge in [-0.2, -0.15) is 12.6 Å². The topological polar surface area (TPSA) is 116 Å². The van der Waals surface area contributed by atoms with Crippen molar-refractivity contribution < 1.29 is 13.9 Å². The van der Waals surface area contributed by atoms with Crippen LogP contribution in [0, 0.1) is 18.7 Å². The molecule has 4 rings (SSSR count). The number of hydrogen-bond donors (Lipinski definition) is 4. The third kappa shape index (κ3) is 5.40. The molecule has 1 amide bonds. The van der Waals surface area contributed by atoms with Crippen LogP contribution in [-0.2, 0) is 4.79 Å². The van der Waals surface area contributed by atoms with Crippen LogP contribution in [0.5, 0.6) is 5.75 Å². The molecule has 0 atom stereocenters. The van der Waals surface area contributed by atoms with Crippen molar-refractivity contribution >= 4 is 46.6 Å². The van der Waals surface area contributed by atoms with Crippen LogP contribution >= 0.6 is 12.6 Å². The van der Waals surface area contributed by atoms with E-state index in [-0.39, 0.29) is 17.9 Å². The number of nitrogen functional groups attached to an aromatic ring is 1. The Bertz CT molecular complexity index is 1100. The van der Waals surface area contributed by atoms with Crippen molar-refractivity contribution in [3.05, 3.63) is 48.0 Å². The van der Waals surface area contributed by atoms with Crippen LogP contribution in [0.15, 0.2) is 36.7 Å². The maximum Gasteiger partial charge on any atom is 0.220 e. The smallest absolute Gasteiger partial charge is 0.220 e. The molecule has 0 bridgehead atoms. The highest BCUT2D eigenvalue weighted by Gasteiger charge is 2.26. The fourth-order valence-corrected chi connectivity index (χ4v) is 3.98. The number of fused-ring (bicyclic) bond motifs is 1. The van der Waals surface area contributed by atoms with E-state index >= 15 is 0 Å². The predicted octanol–water partition coefficient (Wildman–Crippen LogP) is 4.37. The van der Waals surface area contributed by atoms with Crippen LogP contribution in [0.25, 0.3) is 10.9 Å². The van der Waals surface area contributed by atoms with Crippen molar-refractivity contribution in [2.75, 3.05) is 17.3 Å². The number of hydrogen-bond acceptors (Lipinski definition) is 7. The second-order valence-electron chi connectivity index (χ2n) is 7.71. The number of carbonyl (C=O) groups excluding carboxylic acids is 1. The van der Waals surface area contributed by atoms with E-state index in [1.165, 1.54) is 18.5 Å². The number of anilines is 3. The normalized spacial score (nSPS) is 17.9. The summed E-state index contributed by atoms with van der Waals surface area (Å²) in [5, 5.41) is 4.10. The number of nitrogens with two attached hydrogens (primary N) is 2. The summed E-state index contributed by atoms with van der Waals surface area (Å²) < 4.78 is 20.1. The number of rotatable bonds is 5. The Morgan fingerprint density at radius 3 is 2.56 bits per heavy atom. The molecule has 9 heteroatoms. The second kappa shape index (κ2) is 10.5. The lowest BCUT2D eigenvalue weighted by molar-refractivity contribution is -0.123. The molecule has 1 fully saturated rings. The van der Waals surface area contributed by atoms with Gasteiger partial charge in [0.2, 0.25) is 5.91 Å². The van der Waals surface area contributed by atoms with Crippen LogP contribution in [0.4, 0.5) is 21.6 Å². The largest absolute Gasteiger partial charge is 0.488 e. The molecule has 1 saturated carbocycles.